The lowest BCUT2D eigenvalue weighted by Gasteiger charge is -2.38. The fourth-order valence-electron chi connectivity index (χ4n) is 4.00. The van der Waals surface area contributed by atoms with Crippen molar-refractivity contribution in [1.29, 1.82) is 0 Å². The van der Waals surface area contributed by atoms with Gasteiger partial charge in [-0.05, 0) is 36.1 Å². The summed E-state index contributed by atoms with van der Waals surface area (Å²) >= 11 is 6.41. The molecule has 0 spiro atoms. The van der Waals surface area contributed by atoms with Crippen LogP contribution in [0.25, 0.3) is 0 Å². The van der Waals surface area contributed by atoms with Gasteiger partial charge in [0.15, 0.2) is 0 Å². The van der Waals surface area contributed by atoms with E-state index in [1.54, 1.807) is 24.3 Å². The number of methoxy groups -OCH3 is 1. The van der Waals surface area contributed by atoms with Gasteiger partial charge in [0.05, 0.1) is 29.4 Å². The van der Waals surface area contributed by atoms with Gasteiger partial charge < -0.3 is 10.1 Å². The standard InChI is InChI=1S/C20H17ClFNO2/c1-25-20(24)14-9-10-15(21)19-17(14)11-6-4-7-12(11)18(23-19)13-5-2-3-8-16(13)22/h2-6,8-12,18,23H,7H2,1H3/t11-,12-,18+/m1/s1. The molecule has 4 rings (SSSR count). The largest absolute Gasteiger partial charge is 0.465 e. The summed E-state index contributed by atoms with van der Waals surface area (Å²) in [4.78, 5) is 12.2. The van der Waals surface area contributed by atoms with Crippen molar-refractivity contribution < 1.29 is 13.9 Å². The second-order valence-electron chi connectivity index (χ2n) is 6.37. The average Bonchev–Trinajstić information content (AvgIpc) is 3.11. The van der Waals surface area contributed by atoms with Crippen LogP contribution in [0.3, 0.4) is 0 Å². The quantitative estimate of drug-likeness (QED) is 0.600. The van der Waals surface area contributed by atoms with Gasteiger partial charge in [-0.1, -0.05) is 42.0 Å². The average molecular weight is 358 g/mol. The van der Waals surface area contributed by atoms with E-state index >= 15 is 0 Å². The van der Waals surface area contributed by atoms with E-state index in [1.807, 2.05) is 6.07 Å². The molecular formula is C20H17ClFNO2. The zero-order valence-electron chi connectivity index (χ0n) is 13.6. The van der Waals surface area contributed by atoms with Crippen LogP contribution in [0.5, 0.6) is 0 Å². The number of allylic oxidation sites excluding steroid dienone is 2. The molecule has 2 aromatic rings. The molecule has 1 N–H and O–H groups in total. The van der Waals surface area contributed by atoms with Crippen LogP contribution in [0.1, 0.15) is 39.9 Å². The summed E-state index contributed by atoms with van der Waals surface area (Å²) in [6.45, 7) is 0. The van der Waals surface area contributed by atoms with E-state index in [2.05, 4.69) is 17.5 Å². The van der Waals surface area contributed by atoms with Gasteiger partial charge in [-0.2, -0.15) is 0 Å². The highest BCUT2D eigenvalue weighted by Crippen LogP contribution is 2.52. The second-order valence-corrected chi connectivity index (χ2v) is 6.78. The molecule has 0 bridgehead atoms. The van der Waals surface area contributed by atoms with Gasteiger partial charge in [-0.3, -0.25) is 0 Å². The molecular weight excluding hydrogens is 341 g/mol. The lowest BCUT2D eigenvalue weighted by atomic mass is 9.75. The Kier molecular flexibility index (Phi) is 4.00. The topological polar surface area (TPSA) is 38.3 Å². The Labute approximate surface area is 150 Å². The van der Waals surface area contributed by atoms with E-state index in [9.17, 15) is 9.18 Å². The first-order valence-electron chi connectivity index (χ1n) is 8.20. The minimum atomic E-state index is -0.391. The Bertz CT molecular complexity index is 880. The Balaban J connectivity index is 1.89. The molecule has 1 aliphatic carbocycles. The van der Waals surface area contributed by atoms with Gasteiger partial charge in [0.1, 0.15) is 5.82 Å². The third-order valence-electron chi connectivity index (χ3n) is 5.11. The highest BCUT2D eigenvalue weighted by atomic mass is 35.5. The molecule has 1 aliphatic heterocycles. The number of esters is 1. The number of anilines is 1. The maximum Gasteiger partial charge on any atom is 0.338 e. The number of carbonyl (C=O) groups excluding carboxylic acids is 1. The van der Waals surface area contributed by atoms with Crippen molar-refractivity contribution >= 4 is 23.3 Å². The monoisotopic (exact) mass is 357 g/mol. The first-order chi connectivity index (χ1) is 12.1. The number of ether oxygens (including phenoxy) is 1. The van der Waals surface area contributed by atoms with E-state index in [4.69, 9.17) is 16.3 Å². The highest BCUT2D eigenvalue weighted by molar-refractivity contribution is 6.33. The van der Waals surface area contributed by atoms with Crippen molar-refractivity contribution in [2.75, 3.05) is 12.4 Å². The molecule has 0 amide bonds. The molecule has 0 fully saturated rings. The normalized spacial score (nSPS) is 23.6. The Morgan fingerprint density at radius 3 is 2.84 bits per heavy atom. The minimum absolute atomic E-state index is 0.00587. The van der Waals surface area contributed by atoms with Crippen molar-refractivity contribution in [3.63, 3.8) is 0 Å². The van der Waals surface area contributed by atoms with Crippen LogP contribution in [-0.2, 0) is 4.74 Å². The van der Waals surface area contributed by atoms with Gasteiger partial charge in [-0.25, -0.2) is 9.18 Å². The molecule has 0 saturated heterocycles. The van der Waals surface area contributed by atoms with Crippen LogP contribution in [-0.4, -0.2) is 13.1 Å². The van der Waals surface area contributed by atoms with Crippen LogP contribution in [0, 0.1) is 11.7 Å². The van der Waals surface area contributed by atoms with Crippen LogP contribution >= 0.6 is 11.6 Å². The summed E-state index contributed by atoms with van der Waals surface area (Å²) in [7, 11) is 1.36. The lowest BCUT2D eigenvalue weighted by Crippen LogP contribution is -2.31. The third kappa shape index (κ3) is 2.52. The fourth-order valence-corrected chi connectivity index (χ4v) is 4.22. The van der Waals surface area contributed by atoms with E-state index < -0.39 is 5.97 Å². The molecule has 5 heteroatoms. The first kappa shape index (κ1) is 16.2. The molecule has 3 nitrogen and oxygen atoms in total. The number of hydrogen-bond acceptors (Lipinski definition) is 3. The van der Waals surface area contributed by atoms with Crippen LogP contribution in [0.4, 0.5) is 10.1 Å². The van der Waals surface area contributed by atoms with Gasteiger partial charge in [-0.15, -0.1) is 0 Å². The zero-order chi connectivity index (χ0) is 17.6. The molecule has 1 heterocycles. The molecule has 0 unspecified atom stereocenters. The summed E-state index contributed by atoms with van der Waals surface area (Å²) in [5.74, 6) is -0.521. The third-order valence-corrected chi connectivity index (χ3v) is 5.43. The number of carbonyl (C=O) groups is 1. The number of fused-ring (bicyclic) bond motifs is 3. The SMILES string of the molecule is COC(=O)c1ccc(Cl)c2c1[C@@H]1C=CC[C@H]1[C@@H](c1ccccc1F)N2. The van der Waals surface area contributed by atoms with Crippen LogP contribution < -0.4 is 5.32 Å². The number of halogens is 2. The van der Waals surface area contributed by atoms with Gasteiger partial charge in [0.2, 0.25) is 0 Å². The highest BCUT2D eigenvalue weighted by Gasteiger charge is 2.41. The predicted molar refractivity (Wildman–Crippen MR) is 95.5 cm³/mol. The molecule has 2 aliphatic rings. The molecule has 0 radical (unpaired) electrons. The van der Waals surface area contributed by atoms with E-state index in [1.165, 1.54) is 13.2 Å². The van der Waals surface area contributed by atoms with E-state index in [0.717, 1.165) is 12.0 Å². The summed E-state index contributed by atoms with van der Waals surface area (Å²) in [6.07, 6.45) is 4.98. The minimum Gasteiger partial charge on any atom is -0.465 e. The van der Waals surface area contributed by atoms with Crippen LogP contribution in [0.15, 0.2) is 48.6 Å². The predicted octanol–water partition coefficient (Wildman–Crippen LogP) is 5.09. The maximum absolute atomic E-state index is 14.4. The maximum atomic E-state index is 14.4. The molecule has 3 atom stereocenters. The number of hydrogen-bond donors (Lipinski definition) is 1. The van der Waals surface area contributed by atoms with Crippen molar-refractivity contribution in [3.8, 4) is 0 Å². The summed E-state index contributed by atoms with van der Waals surface area (Å²) in [6, 6.07) is 9.95. The van der Waals surface area contributed by atoms with Crippen molar-refractivity contribution in [2.24, 2.45) is 5.92 Å². The van der Waals surface area contributed by atoms with Crippen molar-refractivity contribution in [3.05, 3.63) is 76.1 Å². The van der Waals surface area contributed by atoms with E-state index in [0.29, 0.717) is 21.8 Å². The Morgan fingerprint density at radius 1 is 1.28 bits per heavy atom. The fraction of sp³-hybridized carbons (Fsp3) is 0.250. The molecule has 128 valence electrons. The summed E-state index contributed by atoms with van der Waals surface area (Å²) < 4.78 is 19.3. The lowest BCUT2D eigenvalue weighted by molar-refractivity contribution is 0.0598. The molecule has 0 saturated carbocycles. The van der Waals surface area contributed by atoms with Crippen molar-refractivity contribution in [2.45, 2.75) is 18.4 Å². The Morgan fingerprint density at radius 2 is 2.08 bits per heavy atom. The zero-order valence-corrected chi connectivity index (χ0v) is 14.4. The number of benzene rings is 2. The van der Waals surface area contributed by atoms with Crippen LogP contribution in [0.2, 0.25) is 5.02 Å². The van der Waals surface area contributed by atoms with Gasteiger partial charge in [0, 0.05) is 11.5 Å². The molecule has 25 heavy (non-hydrogen) atoms. The first-order valence-corrected chi connectivity index (χ1v) is 8.58. The number of rotatable bonds is 2. The smallest absolute Gasteiger partial charge is 0.338 e. The summed E-state index contributed by atoms with van der Waals surface area (Å²) in [5.41, 5.74) is 2.64. The van der Waals surface area contributed by atoms with Gasteiger partial charge >= 0.3 is 5.97 Å². The second kappa shape index (κ2) is 6.19. The number of nitrogens with one attached hydrogen (secondary N) is 1. The summed E-state index contributed by atoms with van der Waals surface area (Å²) in [5, 5.41) is 3.91. The van der Waals surface area contributed by atoms with Gasteiger partial charge in [0.25, 0.3) is 0 Å². The molecule has 0 aromatic heterocycles. The van der Waals surface area contributed by atoms with Crippen molar-refractivity contribution in [1.82, 2.24) is 0 Å². The Hall–Kier alpha value is -2.33. The molecule has 2 aromatic carbocycles. The van der Waals surface area contributed by atoms with E-state index in [-0.39, 0.29) is 23.7 Å².